The first-order chi connectivity index (χ1) is 12.5. The molecule has 138 valence electrons. The monoisotopic (exact) mass is 407 g/mol. The zero-order valence-electron chi connectivity index (χ0n) is 15.0. The molecule has 0 aliphatic rings. The van der Waals surface area contributed by atoms with E-state index in [1.54, 1.807) is 20.2 Å². The van der Waals surface area contributed by atoms with Crippen LogP contribution in [0.5, 0.6) is 0 Å². The third-order valence-corrected chi connectivity index (χ3v) is 7.29. The van der Waals surface area contributed by atoms with Crippen molar-refractivity contribution in [3.8, 4) is 16.6 Å². The lowest BCUT2D eigenvalue weighted by molar-refractivity contribution is 0.0827. The summed E-state index contributed by atoms with van der Waals surface area (Å²) in [6.45, 7) is 2.06. The van der Waals surface area contributed by atoms with Crippen molar-refractivity contribution in [1.82, 2.24) is 9.88 Å². The van der Waals surface area contributed by atoms with E-state index in [1.807, 2.05) is 17.5 Å². The van der Waals surface area contributed by atoms with E-state index < -0.39 is 11.2 Å². The molecular weight excluding hydrogens is 386 g/mol. The molecule has 0 bridgehead atoms. The van der Waals surface area contributed by atoms with E-state index in [0.717, 1.165) is 17.7 Å². The number of thioether (sulfide) groups is 1. The number of aromatic nitrogens is 1. The minimum atomic E-state index is -0.979. The summed E-state index contributed by atoms with van der Waals surface area (Å²) >= 11 is 1.83. The summed E-state index contributed by atoms with van der Waals surface area (Å²) < 4.78 is 12.1. The molecule has 2 aromatic heterocycles. The SMILES string of the molecule is CCCC[S+]([O-])CSc1nc(-c2cccs2)cc(C(=O)N(C)C)c1C#N. The number of hydrogen-bond donors (Lipinski definition) is 0. The molecule has 0 aliphatic heterocycles. The van der Waals surface area contributed by atoms with E-state index in [1.165, 1.54) is 28.0 Å². The Labute approximate surface area is 165 Å². The summed E-state index contributed by atoms with van der Waals surface area (Å²) in [5.74, 6) is 0.398. The van der Waals surface area contributed by atoms with Gasteiger partial charge in [-0.3, -0.25) is 4.79 Å². The molecule has 1 amide bonds. The zero-order chi connectivity index (χ0) is 19.1. The molecule has 26 heavy (non-hydrogen) atoms. The number of hydrogen-bond acceptors (Lipinski definition) is 6. The van der Waals surface area contributed by atoms with Gasteiger partial charge in [0.2, 0.25) is 0 Å². The first-order valence-corrected chi connectivity index (χ1v) is 11.5. The third kappa shape index (κ3) is 5.24. The Morgan fingerprint density at radius 2 is 2.27 bits per heavy atom. The van der Waals surface area contributed by atoms with Crippen LogP contribution >= 0.6 is 23.1 Å². The number of nitriles is 1. The van der Waals surface area contributed by atoms with Crippen molar-refractivity contribution < 1.29 is 9.35 Å². The average Bonchev–Trinajstić information content (AvgIpc) is 3.17. The summed E-state index contributed by atoms with van der Waals surface area (Å²) in [5, 5.41) is 12.4. The fourth-order valence-electron chi connectivity index (χ4n) is 2.18. The van der Waals surface area contributed by atoms with Crippen LogP contribution in [0.3, 0.4) is 0 Å². The van der Waals surface area contributed by atoms with E-state index in [2.05, 4.69) is 18.0 Å². The Morgan fingerprint density at radius 1 is 1.50 bits per heavy atom. The molecule has 2 aromatic rings. The Balaban J connectivity index is 2.41. The van der Waals surface area contributed by atoms with Crippen LogP contribution in [0.2, 0.25) is 0 Å². The molecule has 0 saturated heterocycles. The maximum absolute atomic E-state index is 12.6. The number of carbonyl (C=O) groups is 1. The Hall–Kier alpha value is -1.53. The van der Waals surface area contributed by atoms with Crippen LogP contribution in [0, 0.1) is 11.3 Å². The molecule has 0 N–H and O–H groups in total. The highest BCUT2D eigenvalue weighted by Gasteiger charge is 2.22. The first kappa shape index (κ1) is 20.8. The van der Waals surface area contributed by atoms with Crippen molar-refractivity contribution in [2.45, 2.75) is 24.8 Å². The molecule has 8 heteroatoms. The van der Waals surface area contributed by atoms with Gasteiger partial charge in [-0.25, -0.2) is 4.98 Å². The molecule has 0 saturated carbocycles. The summed E-state index contributed by atoms with van der Waals surface area (Å²) in [6, 6.07) is 7.63. The molecule has 2 heterocycles. The summed E-state index contributed by atoms with van der Waals surface area (Å²) in [6.07, 6.45) is 1.90. The minimum Gasteiger partial charge on any atom is -0.616 e. The first-order valence-electron chi connectivity index (χ1n) is 8.16. The van der Waals surface area contributed by atoms with Crippen LogP contribution in [-0.2, 0) is 11.2 Å². The number of unbranched alkanes of at least 4 members (excludes halogenated alkanes) is 1. The van der Waals surface area contributed by atoms with E-state index in [9.17, 15) is 14.6 Å². The number of carbonyl (C=O) groups excluding carboxylic acids is 1. The lowest BCUT2D eigenvalue weighted by atomic mass is 10.1. The predicted molar refractivity (Wildman–Crippen MR) is 109 cm³/mol. The minimum absolute atomic E-state index is 0.240. The molecule has 5 nitrogen and oxygen atoms in total. The van der Waals surface area contributed by atoms with Crippen LogP contribution in [0.1, 0.15) is 35.7 Å². The summed E-state index contributed by atoms with van der Waals surface area (Å²) in [5.41, 5.74) is 1.24. The molecule has 1 atom stereocenters. The van der Waals surface area contributed by atoms with Gasteiger partial charge in [-0.2, -0.15) is 5.26 Å². The lowest BCUT2D eigenvalue weighted by Gasteiger charge is -2.15. The Kier molecular flexibility index (Phi) is 7.97. The second-order valence-corrected chi connectivity index (χ2v) is 9.64. The van der Waals surface area contributed by atoms with Crippen LogP contribution < -0.4 is 0 Å². The van der Waals surface area contributed by atoms with E-state index in [-0.39, 0.29) is 11.5 Å². The average molecular weight is 408 g/mol. The Bertz CT molecular complexity index is 786. The normalized spacial score (nSPS) is 11.8. The molecule has 0 aromatic carbocycles. The van der Waals surface area contributed by atoms with Crippen molar-refractivity contribution >= 4 is 40.2 Å². The van der Waals surface area contributed by atoms with Gasteiger partial charge >= 0.3 is 0 Å². The highest BCUT2D eigenvalue weighted by Crippen LogP contribution is 2.31. The number of amides is 1. The zero-order valence-corrected chi connectivity index (χ0v) is 17.5. The van der Waals surface area contributed by atoms with Crippen molar-refractivity contribution in [1.29, 1.82) is 5.26 Å². The second kappa shape index (κ2) is 9.97. The van der Waals surface area contributed by atoms with Crippen LogP contribution in [0.4, 0.5) is 0 Å². The van der Waals surface area contributed by atoms with Crippen LogP contribution in [0.15, 0.2) is 28.6 Å². The van der Waals surface area contributed by atoms with Crippen molar-refractivity contribution in [2.75, 3.05) is 24.9 Å². The third-order valence-electron chi connectivity index (χ3n) is 3.56. The van der Waals surface area contributed by atoms with Gasteiger partial charge in [0.1, 0.15) is 16.8 Å². The smallest absolute Gasteiger partial charge is 0.254 e. The van der Waals surface area contributed by atoms with Gasteiger partial charge in [0.15, 0.2) is 5.08 Å². The number of rotatable bonds is 8. The summed E-state index contributed by atoms with van der Waals surface area (Å²) in [4.78, 5) is 19.5. The molecule has 2 rings (SSSR count). The molecule has 1 unspecified atom stereocenters. The van der Waals surface area contributed by atoms with E-state index >= 15 is 0 Å². The van der Waals surface area contributed by atoms with Crippen molar-refractivity contribution in [3.05, 3.63) is 34.7 Å². The van der Waals surface area contributed by atoms with Gasteiger partial charge in [-0.15, -0.1) is 11.3 Å². The quantitative estimate of drug-likeness (QED) is 0.488. The lowest BCUT2D eigenvalue weighted by Crippen LogP contribution is -2.23. The standard InChI is InChI=1S/C18H21N3O2S3/c1-4-5-9-26(23)12-25-17-14(11-19)13(18(22)21(2)3)10-15(20-17)16-7-6-8-24-16/h6-8,10H,4-5,9,12H2,1-3H3. The number of nitrogens with zero attached hydrogens (tertiary/aromatic N) is 3. The highest BCUT2D eigenvalue weighted by molar-refractivity contribution is 8.12. The fraction of sp³-hybridized carbons (Fsp3) is 0.389. The van der Waals surface area contributed by atoms with Crippen LogP contribution in [-0.4, -0.2) is 45.3 Å². The van der Waals surface area contributed by atoms with Crippen molar-refractivity contribution in [3.63, 3.8) is 0 Å². The van der Waals surface area contributed by atoms with Gasteiger partial charge in [0.05, 0.1) is 21.7 Å². The van der Waals surface area contributed by atoms with Gasteiger partial charge in [-0.05, 0) is 35.1 Å². The van der Waals surface area contributed by atoms with E-state index in [0.29, 0.717) is 27.1 Å². The van der Waals surface area contributed by atoms with E-state index in [4.69, 9.17) is 0 Å². The largest absolute Gasteiger partial charge is 0.616 e. The fourth-order valence-corrected chi connectivity index (χ4v) is 5.38. The topological polar surface area (TPSA) is 80.1 Å². The molecule has 0 spiro atoms. The number of pyridine rings is 1. The highest BCUT2D eigenvalue weighted by atomic mass is 32.3. The summed E-state index contributed by atoms with van der Waals surface area (Å²) in [7, 11) is 3.31. The molecule has 0 radical (unpaired) electrons. The maximum Gasteiger partial charge on any atom is 0.254 e. The molecular formula is C18H21N3O2S3. The van der Waals surface area contributed by atoms with Gasteiger partial charge in [0.25, 0.3) is 5.91 Å². The predicted octanol–water partition coefficient (Wildman–Crippen LogP) is 3.98. The van der Waals surface area contributed by atoms with Gasteiger partial charge in [0, 0.05) is 14.1 Å². The second-order valence-electron chi connectivity index (χ2n) is 5.78. The van der Waals surface area contributed by atoms with Gasteiger partial charge < -0.3 is 9.45 Å². The molecule has 0 aliphatic carbocycles. The van der Waals surface area contributed by atoms with Gasteiger partial charge in [-0.1, -0.05) is 31.2 Å². The molecule has 0 fully saturated rings. The van der Waals surface area contributed by atoms with Crippen LogP contribution in [0.25, 0.3) is 10.6 Å². The Morgan fingerprint density at radius 3 is 2.85 bits per heavy atom. The number of thiophene rings is 1. The van der Waals surface area contributed by atoms with Crippen molar-refractivity contribution in [2.24, 2.45) is 0 Å². The maximum atomic E-state index is 12.6.